The fourth-order valence-corrected chi connectivity index (χ4v) is 3.26. The first kappa shape index (κ1) is 22.8. The van der Waals surface area contributed by atoms with E-state index >= 15 is 0 Å². The molecule has 0 aliphatic carbocycles. The Bertz CT molecular complexity index is 906. The molecular formula is C26H31NO4. The number of ether oxygens (including phenoxy) is 2. The molecule has 0 radical (unpaired) electrons. The van der Waals surface area contributed by atoms with Crippen LogP contribution in [-0.4, -0.2) is 24.2 Å². The fraction of sp³-hybridized carbons (Fsp3) is 0.385. The lowest BCUT2D eigenvalue weighted by Crippen LogP contribution is -2.05. The molecule has 3 aromatic rings. The van der Waals surface area contributed by atoms with E-state index in [1.54, 1.807) is 0 Å². The maximum absolute atomic E-state index is 11.3. The lowest BCUT2D eigenvalue weighted by molar-refractivity contribution is -0.143. The van der Waals surface area contributed by atoms with Crippen molar-refractivity contribution in [2.75, 3.05) is 13.2 Å². The van der Waals surface area contributed by atoms with Crippen molar-refractivity contribution in [2.45, 2.75) is 52.1 Å². The summed E-state index contributed by atoms with van der Waals surface area (Å²) in [7, 11) is 0. The van der Waals surface area contributed by atoms with E-state index in [-0.39, 0.29) is 5.97 Å². The second kappa shape index (κ2) is 12.7. The van der Waals surface area contributed by atoms with Gasteiger partial charge in [-0.1, -0.05) is 61.9 Å². The number of nitrogens with zero attached hydrogens (tertiary/aromatic N) is 1. The van der Waals surface area contributed by atoms with Gasteiger partial charge in [-0.2, -0.15) is 0 Å². The topological polar surface area (TPSA) is 61.6 Å². The van der Waals surface area contributed by atoms with Crippen molar-refractivity contribution in [1.29, 1.82) is 0 Å². The Hall–Kier alpha value is -2.92. The highest BCUT2D eigenvalue weighted by Gasteiger charge is 2.16. The molecular weight excluding hydrogens is 390 g/mol. The summed E-state index contributed by atoms with van der Waals surface area (Å²) < 4.78 is 17.2. The van der Waals surface area contributed by atoms with Crippen LogP contribution in [0.5, 0.6) is 0 Å². The van der Waals surface area contributed by atoms with Crippen molar-refractivity contribution < 1.29 is 18.7 Å². The number of esters is 1. The van der Waals surface area contributed by atoms with Gasteiger partial charge in [-0.05, 0) is 37.8 Å². The summed E-state index contributed by atoms with van der Waals surface area (Å²) in [5, 5.41) is 0. The maximum Gasteiger partial charge on any atom is 0.305 e. The van der Waals surface area contributed by atoms with Crippen LogP contribution in [0.3, 0.4) is 0 Å². The summed E-state index contributed by atoms with van der Waals surface area (Å²) in [6, 6.07) is 19.9. The van der Waals surface area contributed by atoms with E-state index in [2.05, 4.69) is 0 Å². The van der Waals surface area contributed by atoms with Crippen LogP contribution in [-0.2, 0) is 20.9 Å². The van der Waals surface area contributed by atoms with Gasteiger partial charge in [-0.25, -0.2) is 4.98 Å². The molecule has 164 valence electrons. The van der Waals surface area contributed by atoms with E-state index in [9.17, 15) is 4.79 Å². The first-order chi connectivity index (χ1) is 15.3. The predicted molar refractivity (Wildman–Crippen MR) is 121 cm³/mol. The van der Waals surface area contributed by atoms with Gasteiger partial charge in [0.2, 0.25) is 5.89 Å². The fourth-order valence-electron chi connectivity index (χ4n) is 3.26. The van der Waals surface area contributed by atoms with E-state index in [1.165, 1.54) is 0 Å². The number of benzene rings is 2. The average Bonchev–Trinajstić information content (AvgIpc) is 3.23. The molecule has 1 aromatic heterocycles. The Morgan fingerprint density at radius 3 is 2.19 bits per heavy atom. The number of carbonyl (C=O) groups excluding carboxylic acids is 1. The van der Waals surface area contributed by atoms with Gasteiger partial charge in [0.05, 0.1) is 13.2 Å². The highest BCUT2D eigenvalue weighted by atomic mass is 16.5. The minimum atomic E-state index is -0.0949. The molecule has 0 spiro atoms. The zero-order valence-corrected chi connectivity index (χ0v) is 18.2. The number of hydrogen-bond donors (Lipinski definition) is 0. The number of hydrogen-bond acceptors (Lipinski definition) is 5. The Balaban J connectivity index is 1.46. The third-order valence-corrected chi connectivity index (χ3v) is 4.89. The number of unbranched alkanes of at least 4 members (excludes halogenated alkanes) is 3. The van der Waals surface area contributed by atoms with Crippen LogP contribution >= 0.6 is 0 Å². The molecule has 0 bridgehead atoms. The van der Waals surface area contributed by atoms with Gasteiger partial charge in [0.25, 0.3) is 0 Å². The first-order valence-electron chi connectivity index (χ1n) is 11.1. The van der Waals surface area contributed by atoms with Gasteiger partial charge in [0.15, 0.2) is 5.76 Å². The number of aromatic nitrogens is 1. The maximum atomic E-state index is 11.3. The number of rotatable bonds is 13. The quantitative estimate of drug-likeness (QED) is 0.235. The molecule has 0 unspecified atom stereocenters. The van der Waals surface area contributed by atoms with Gasteiger partial charge in [-0.3, -0.25) is 4.79 Å². The van der Waals surface area contributed by atoms with Crippen molar-refractivity contribution in [3.8, 4) is 22.8 Å². The highest BCUT2D eigenvalue weighted by molar-refractivity contribution is 5.69. The minimum absolute atomic E-state index is 0.0949. The molecule has 5 heteroatoms. The van der Waals surface area contributed by atoms with Crippen molar-refractivity contribution in [2.24, 2.45) is 0 Å². The summed E-state index contributed by atoms with van der Waals surface area (Å²) in [6.45, 7) is 3.57. The monoisotopic (exact) mass is 421 g/mol. The van der Waals surface area contributed by atoms with Crippen LogP contribution in [0.4, 0.5) is 0 Å². The summed E-state index contributed by atoms with van der Waals surface area (Å²) >= 11 is 0. The third-order valence-electron chi connectivity index (χ3n) is 4.89. The SMILES string of the molecule is CCCC(=O)OCCCCCCOCc1nc(-c2ccccc2)oc1-c1ccccc1. The molecule has 5 nitrogen and oxygen atoms in total. The van der Waals surface area contributed by atoms with Crippen LogP contribution in [0.25, 0.3) is 22.8 Å². The molecule has 0 N–H and O–H groups in total. The van der Waals surface area contributed by atoms with Crippen LogP contribution in [0, 0.1) is 0 Å². The number of oxazole rings is 1. The van der Waals surface area contributed by atoms with E-state index < -0.39 is 0 Å². The van der Waals surface area contributed by atoms with Gasteiger partial charge in [0.1, 0.15) is 5.69 Å². The lowest BCUT2D eigenvalue weighted by atomic mass is 10.1. The minimum Gasteiger partial charge on any atom is -0.466 e. The Kier molecular flexibility index (Phi) is 9.32. The third kappa shape index (κ3) is 7.37. The largest absolute Gasteiger partial charge is 0.466 e. The molecule has 31 heavy (non-hydrogen) atoms. The summed E-state index contributed by atoms with van der Waals surface area (Å²) in [5.74, 6) is 1.27. The first-order valence-corrected chi connectivity index (χ1v) is 11.1. The van der Waals surface area contributed by atoms with E-state index in [1.807, 2.05) is 67.6 Å². The molecule has 0 saturated heterocycles. The zero-order chi connectivity index (χ0) is 21.7. The molecule has 0 aliphatic heterocycles. The van der Waals surface area contributed by atoms with Crippen LogP contribution < -0.4 is 0 Å². The summed E-state index contributed by atoms with van der Waals surface area (Å²) in [6.07, 6.45) is 5.28. The Morgan fingerprint density at radius 2 is 1.52 bits per heavy atom. The van der Waals surface area contributed by atoms with Crippen molar-refractivity contribution >= 4 is 5.97 Å². The van der Waals surface area contributed by atoms with E-state index in [0.29, 0.717) is 32.1 Å². The van der Waals surface area contributed by atoms with Crippen LogP contribution in [0.1, 0.15) is 51.1 Å². The Morgan fingerprint density at radius 1 is 0.871 bits per heavy atom. The van der Waals surface area contributed by atoms with Crippen molar-refractivity contribution in [3.05, 3.63) is 66.4 Å². The smallest absolute Gasteiger partial charge is 0.305 e. The van der Waals surface area contributed by atoms with E-state index in [4.69, 9.17) is 18.9 Å². The van der Waals surface area contributed by atoms with Crippen molar-refractivity contribution in [3.63, 3.8) is 0 Å². The van der Waals surface area contributed by atoms with Gasteiger partial charge in [-0.15, -0.1) is 0 Å². The average molecular weight is 422 g/mol. The molecule has 2 aromatic carbocycles. The predicted octanol–water partition coefficient (Wildman–Crippen LogP) is 6.43. The molecule has 1 heterocycles. The second-order valence-electron chi connectivity index (χ2n) is 7.46. The van der Waals surface area contributed by atoms with E-state index in [0.717, 1.165) is 54.7 Å². The van der Waals surface area contributed by atoms with Crippen LogP contribution in [0.15, 0.2) is 65.1 Å². The van der Waals surface area contributed by atoms with Crippen LogP contribution in [0.2, 0.25) is 0 Å². The molecule has 0 atom stereocenters. The van der Waals surface area contributed by atoms with Crippen molar-refractivity contribution in [1.82, 2.24) is 4.98 Å². The zero-order valence-electron chi connectivity index (χ0n) is 18.2. The summed E-state index contributed by atoms with van der Waals surface area (Å²) in [5.41, 5.74) is 2.76. The normalized spacial score (nSPS) is 10.9. The number of carbonyl (C=O) groups is 1. The summed E-state index contributed by atoms with van der Waals surface area (Å²) in [4.78, 5) is 16.0. The standard InChI is InChI=1S/C26H31NO4/c1-2-13-24(28)30-19-12-4-3-11-18-29-20-23-25(21-14-7-5-8-15-21)31-26(27-23)22-16-9-6-10-17-22/h5-10,14-17H,2-4,11-13,18-20H2,1H3. The Labute approximate surface area is 184 Å². The highest BCUT2D eigenvalue weighted by Crippen LogP contribution is 2.30. The molecule has 0 amide bonds. The lowest BCUT2D eigenvalue weighted by Gasteiger charge is -2.05. The molecule has 3 rings (SSSR count). The second-order valence-corrected chi connectivity index (χ2v) is 7.46. The molecule has 0 aliphatic rings. The molecule has 0 saturated carbocycles. The van der Waals surface area contributed by atoms with Gasteiger partial charge >= 0.3 is 5.97 Å². The van der Waals surface area contributed by atoms with Gasteiger partial charge in [0, 0.05) is 24.2 Å². The van der Waals surface area contributed by atoms with Gasteiger partial charge < -0.3 is 13.9 Å². The molecule has 0 fully saturated rings.